The molecule has 0 spiro atoms. The van der Waals surface area contributed by atoms with Gasteiger partial charge in [-0.2, -0.15) is 0 Å². The molecule has 86 valence electrons. The first-order valence-electron chi connectivity index (χ1n) is 5.66. The summed E-state index contributed by atoms with van der Waals surface area (Å²) >= 11 is 0. The number of hydrogen-bond acceptors (Lipinski definition) is 2. The predicted molar refractivity (Wildman–Crippen MR) is 63.2 cm³/mol. The minimum Gasteiger partial charge on any atom is -0.385 e. The molecular weight excluding hydrogens is 198 g/mol. The third-order valence-corrected chi connectivity index (χ3v) is 2.81. The highest BCUT2D eigenvalue weighted by molar-refractivity contribution is 5.85. The van der Waals surface area contributed by atoms with Crippen LogP contribution in [0.5, 0.6) is 0 Å². The molecule has 0 aromatic heterocycles. The van der Waals surface area contributed by atoms with Gasteiger partial charge in [-0.05, 0) is 38.6 Å². The molecule has 0 aromatic rings. The Morgan fingerprint density at radius 2 is 1.86 bits per heavy atom. The van der Waals surface area contributed by atoms with Crippen LogP contribution in [0.15, 0.2) is 0 Å². The van der Waals surface area contributed by atoms with Gasteiger partial charge in [-0.25, -0.2) is 0 Å². The second-order valence-corrected chi connectivity index (χ2v) is 3.99. The molecule has 0 unspecified atom stereocenters. The summed E-state index contributed by atoms with van der Waals surface area (Å²) in [7, 11) is 1.77. The molecule has 0 aromatic carbocycles. The summed E-state index contributed by atoms with van der Waals surface area (Å²) in [5.74, 6) is 0. The molecule has 0 radical (unpaired) electrons. The first-order valence-corrected chi connectivity index (χ1v) is 5.66. The lowest BCUT2D eigenvalue weighted by atomic mass is 10.2. The van der Waals surface area contributed by atoms with Crippen molar-refractivity contribution < 1.29 is 4.74 Å². The fourth-order valence-corrected chi connectivity index (χ4v) is 1.98. The lowest BCUT2D eigenvalue weighted by Gasteiger charge is -2.10. The molecule has 0 aliphatic heterocycles. The van der Waals surface area contributed by atoms with Gasteiger partial charge >= 0.3 is 0 Å². The Hall–Kier alpha value is 0.210. The maximum atomic E-state index is 5.00. The van der Waals surface area contributed by atoms with Crippen LogP contribution in [0.25, 0.3) is 0 Å². The van der Waals surface area contributed by atoms with Crippen LogP contribution in [0.4, 0.5) is 0 Å². The molecule has 1 N–H and O–H groups in total. The van der Waals surface area contributed by atoms with Crippen molar-refractivity contribution in [2.24, 2.45) is 0 Å². The second-order valence-electron chi connectivity index (χ2n) is 3.99. The highest BCUT2D eigenvalue weighted by Gasteiger charge is 2.12. The zero-order chi connectivity index (χ0) is 9.36. The van der Waals surface area contributed by atoms with Crippen molar-refractivity contribution >= 4 is 12.4 Å². The number of halogens is 1. The lowest BCUT2D eigenvalue weighted by molar-refractivity contribution is 0.192. The first kappa shape index (κ1) is 14.2. The Morgan fingerprint density at radius 3 is 2.50 bits per heavy atom. The van der Waals surface area contributed by atoms with Gasteiger partial charge in [0.25, 0.3) is 0 Å². The smallest absolute Gasteiger partial charge is 0.0462 e. The van der Waals surface area contributed by atoms with Crippen molar-refractivity contribution in [3.63, 3.8) is 0 Å². The number of nitrogens with one attached hydrogen (secondary N) is 1. The molecule has 0 amide bonds. The molecule has 3 heteroatoms. The molecule has 1 aliphatic carbocycles. The van der Waals surface area contributed by atoms with E-state index in [9.17, 15) is 0 Å². The van der Waals surface area contributed by atoms with Crippen LogP contribution < -0.4 is 5.32 Å². The van der Waals surface area contributed by atoms with Gasteiger partial charge in [-0.3, -0.25) is 0 Å². The van der Waals surface area contributed by atoms with Crippen molar-refractivity contribution in [2.75, 3.05) is 20.3 Å². The summed E-state index contributed by atoms with van der Waals surface area (Å²) in [6.45, 7) is 2.12. The zero-order valence-corrected chi connectivity index (χ0v) is 10.1. The fraction of sp³-hybridized carbons (Fsp3) is 1.00. The fourth-order valence-electron chi connectivity index (χ4n) is 1.98. The monoisotopic (exact) mass is 221 g/mol. The Labute approximate surface area is 94.2 Å². The predicted octanol–water partition coefficient (Wildman–Crippen LogP) is 2.76. The van der Waals surface area contributed by atoms with Crippen molar-refractivity contribution in [1.29, 1.82) is 0 Å². The third kappa shape index (κ3) is 6.63. The molecule has 1 rings (SSSR count). The lowest BCUT2D eigenvalue weighted by Crippen LogP contribution is -2.26. The van der Waals surface area contributed by atoms with Crippen LogP contribution >= 0.6 is 12.4 Å². The van der Waals surface area contributed by atoms with E-state index in [1.807, 2.05) is 0 Å². The molecule has 2 nitrogen and oxygen atoms in total. The van der Waals surface area contributed by atoms with Gasteiger partial charge in [-0.15, -0.1) is 12.4 Å². The highest BCUT2D eigenvalue weighted by atomic mass is 35.5. The largest absolute Gasteiger partial charge is 0.385 e. The van der Waals surface area contributed by atoms with Gasteiger partial charge in [0.2, 0.25) is 0 Å². The topological polar surface area (TPSA) is 21.3 Å². The molecule has 1 aliphatic rings. The number of rotatable bonds is 7. The van der Waals surface area contributed by atoms with Gasteiger partial charge < -0.3 is 10.1 Å². The molecule has 0 atom stereocenters. The van der Waals surface area contributed by atoms with Crippen LogP contribution in [0.3, 0.4) is 0 Å². The molecule has 1 fully saturated rings. The second kappa shape index (κ2) is 9.75. The van der Waals surface area contributed by atoms with Gasteiger partial charge in [-0.1, -0.05) is 12.8 Å². The SMILES string of the molecule is COCCCCCNC1CCCC1.Cl. The van der Waals surface area contributed by atoms with Gasteiger partial charge in [0.1, 0.15) is 0 Å². The minimum atomic E-state index is 0. The summed E-state index contributed by atoms with van der Waals surface area (Å²) in [5.41, 5.74) is 0. The molecule has 0 bridgehead atoms. The van der Waals surface area contributed by atoms with E-state index in [1.54, 1.807) is 7.11 Å². The van der Waals surface area contributed by atoms with Crippen molar-refractivity contribution in [3.05, 3.63) is 0 Å². The van der Waals surface area contributed by atoms with Crippen LogP contribution in [0.1, 0.15) is 44.9 Å². The van der Waals surface area contributed by atoms with E-state index in [4.69, 9.17) is 4.74 Å². The zero-order valence-electron chi connectivity index (χ0n) is 9.26. The van der Waals surface area contributed by atoms with E-state index in [2.05, 4.69) is 5.32 Å². The van der Waals surface area contributed by atoms with E-state index in [1.165, 1.54) is 51.5 Å². The summed E-state index contributed by atoms with van der Waals surface area (Å²) in [4.78, 5) is 0. The van der Waals surface area contributed by atoms with Gasteiger partial charge in [0.15, 0.2) is 0 Å². The van der Waals surface area contributed by atoms with Crippen molar-refractivity contribution in [1.82, 2.24) is 5.32 Å². The number of ether oxygens (including phenoxy) is 1. The van der Waals surface area contributed by atoms with E-state index >= 15 is 0 Å². The standard InChI is InChI=1S/C11H23NO.ClH/c1-13-10-6-2-5-9-12-11-7-3-4-8-11;/h11-12H,2-10H2,1H3;1H. The van der Waals surface area contributed by atoms with Crippen LogP contribution in [0, 0.1) is 0 Å². The number of unbranched alkanes of at least 4 members (excludes halogenated alkanes) is 2. The Morgan fingerprint density at radius 1 is 1.14 bits per heavy atom. The summed E-state index contributed by atoms with van der Waals surface area (Å²) in [6, 6.07) is 0.836. The third-order valence-electron chi connectivity index (χ3n) is 2.81. The number of methoxy groups -OCH3 is 1. The maximum Gasteiger partial charge on any atom is 0.0462 e. The van der Waals surface area contributed by atoms with Gasteiger partial charge in [0, 0.05) is 19.8 Å². The quantitative estimate of drug-likeness (QED) is 0.668. The summed E-state index contributed by atoms with van der Waals surface area (Å²) < 4.78 is 5.00. The summed E-state index contributed by atoms with van der Waals surface area (Å²) in [6.07, 6.45) is 9.48. The highest BCUT2D eigenvalue weighted by Crippen LogP contribution is 2.17. The van der Waals surface area contributed by atoms with E-state index in [0.29, 0.717) is 0 Å². The normalized spacial score (nSPS) is 16.9. The first-order chi connectivity index (χ1) is 6.43. The Kier molecular flexibility index (Phi) is 9.90. The Bertz CT molecular complexity index is 116. The minimum absolute atomic E-state index is 0. The molecule has 14 heavy (non-hydrogen) atoms. The van der Waals surface area contributed by atoms with Crippen molar-refractivity contribution in [2.45, 2.75) is 51.0 Å². The van der Waals surface area contributed by atoms with E-state index in [0.717, 1.165) is 12.6 Å². The van der Waals surface area contributed by atoms with E-state index < -0.39 is 0 Å². The van der Waals surface area contributed by atoms with Crippen LogP contribution in [-0.2, 0) is 4.74 Å². The number of hydrogen-bond donors (Lipinski definition) is 1. The summed E-state index contributed by atoms with van der Waals surface area (Å²) in [5, 5.41) is 3.62. The average molecular weight is 222 g/mol. The molecular formula is C11H24ClNO. The van der Waals surface area contributed by atoms with Gasteiger partial charge in [0.05, 0.1) is 0 Å². The van der Waals surface area contributed by atoms with Crippen LogP contribution in [-0.4, -0.2) is 26.3 Å². The van der Waals surface area contributed by atoms with Crippen molar-refractivity contribution in [3.8, 4) is 0 Å². The van der Waals surface area contributed by atoms with E-state index in [-0.39, 0.29) is 12.4 Å². The molecule has 1 saturated carbocycles. The average Bonchev–Trinajstić information content (AvgIpc) is 2.63. The molecule has 0 heterocycles. The molecule has 0 saturated heterocycles. The maximum absolute atomic E-state index is 5.00. The Balaban J connectivity index is 0.00000169. The van der Waals surface area contributed by atoms with Crippen LogP contribution in [0.2, 0.25) is 0 Å².